The van der Waals surface area contributed by atoms with Crippen LogP contribution in [0.15, 0.2) is 12.3 Å². The van der Waals surface area contributed by atoms with Crippen molar-refractivity contribution < 1.29 is 14.4 Å². The zero-order chi connectivity index (χ0) is 15.0. The maximum absolute atomic E-state index is 12.6. The molecule has 1 unspecified atom stereocenters. The molecule has 3 N–H and O–H groups in total. The third-order valence-corrected chi connectivity index (χ3v) is 3.33. The van der Waals surface area contributed by atoms with Crippen LogP contribution in [-0.4, -0.2) is 39.8 Å². The van der Waals surface area contributed by atoms with Gasteiger partial charge in [-0.3, -0.25) is 19.7 Å². The Labute approximate surface area is 116 Å². The normalized spacial score (nSPS) is 19.4. The summed E-state index contributed by atoms with van der Waals surface area (Å²) in [5.41, 5.74) is 6.59. The van der Waals surface area contributed by atoms with Gasteiger partial charge < -0.3 is 15.2 Å². The highest BCUT2D eigenvalue weighted by molar-refractivity contribution is 6.06. The highest BCUT2D eigenvalue weighted by Gasteiger charge is 2.35. The summed E-state index contributed by atoms with van der Waals surface area (Å²) in [6.45, 7) is 5.31. The lowest BCUT2D eigenvalue weighted by molar-refractivity contribution is -0.138. The minimum atomic E-state index is -0.683. The van der Waals surface area contributed by atoms with Crippen LogP contribution in [-0.2, 0) is 9.59 Å². The average molecular weight is 278 g/mol. The number of anilines is 1. The molecule has 3 amide bonds. The fourth-order valence-corrected chi connectivity index (χ4v) is 2.21. The van der Waals surface area contributed by atoms with Crippen LogP contribution in [0.4, 0.5) is 5.69 Å². The first-order valence-electron chi connectivity index (χ1n) is 6.43. The second kappa shape index (κ2) is 4.99. The Balaban J connectivity index is 2.35. The first-order chi connectivity index (χ1) is 9.31. The highest BCUT2D eigenvalue weighted by Crippen LogP contribution is 2.20. The van der Waals surface area contributed by atoms with Crippen LogP contribution >= 0.6 is 0 Å². The summed E-state index contributed by atoms with van der Waals surface area (Å²) in [5.74, 6) is -1.31. The molecule has 1 aliphatic rings. The summed E-state index contributed by atoms with van der Waals surface area (Å²) in [6.07, 6.45) is 1.68. The van der Waals surface area contributed by atoms with E-state index in [0.29, 0.717) is 11.4 Å². The van der Waals surface area contributed by atoms with Crippen LogP contribution in [0.3, 0.4) is 0 Å². The number of hydrogen-bond acceptors (Lipinski definition) is 4. The van der Waals surface area contributed by atoms with Crippen LogP contribution < -0.4 is 11.1 Å². The molecule has 7 nitrogen and oxygen atoms in total. The Kier molecular flexibility index (Phi) is 3.52. The van der Waals surface area contributed by atoms with Gasteiger partial charge in [-0.15, -0.1) is 0 Å². The predicted octanol–water partition coefficient (Wildman–Crippen LogP) is 0.138. The van der Waals surface area contributed by atoms with Crippen molar-refractivity contribution in [2.24, 2.45) is 0 Å². The van der Waals surface area contributed by atoms with Gasteiger partial charge in [0.1, 0.15) is 18.3 Å². The molecule has 0 spiro atoms. The Bertz CT molecular complexity index is 576. The van der Waals surface area contributed by atoms with Gasteiger partial charge >= 0.3 is 0 Å². The third kappa shape index (κ3) is 2.38. The molecule has 108 valence electrons. The smallest absolute Gasteiger partial charge is 0.271 e. The van der Waals surface area contributed by atoms with Gasteiger partial charge in [-0.2, -0.15) is 0 Å². The molecule has 1 aromatic rings. The summed E-state index contributed by atoms with van der Waals surface area (Å²) in [4.78, 5) is 36.9. The van der Waals surface area contributed by atoms with Gasteiger partial charge in [0.05, 0.1) is 5.69 Å². The Morgan fingerprint density at radius 3 is 2.70 bits per heavy atom. The number of nitrogens with zero attached hydrogens (tertiary/aromatic N) is 2. The van der Waals surface area contributed by atoms with Gasteiger partial charge in [-0.25, -0.2) is 0 Å². The minimum Gasteiger partial charge on any atom is -0.397 e. The van der Waals surface area contributed by atoms with E-state index in [4.69, 9.17) is 5.73 Å². The zero-order valence-electron chi connectivity index (χ0n) is 11.7. The molecule has 0 aromatic carbocycles. The highest BCUT2D eigenvalue weighted by atomic mass is 16.2. The summed E-state index contributed by atoms with van der Waals surface area (Å²) < 4.78 is 1.74. The SMILES string of the molecule is CC1C(=O)NC(=O)CN1C(=O)c1cc(N)cn1C(C)C. The topological polar surface area (TPSA) is 97.4 Å². The molecular weight excluding hydrogens is 260 g/mol. The Hall–Kier alpha value is -2.31. The third-order valence-electron chi connectivity index (χ3n) is 3.33. The zero-order valence-corrected chi connectivity index (χ0v) is 11.7. The number of carbonyl (C=O) groups is 3. The van der Waals surface area contributed by atoms with Crippen LogP contribution in [0.2, 0.25) is 0 Å². The number of nitrogens with one attached hydrogen (secondary N) is 1. The van der Waals surface area contributed by atoms with Crippen molar-refractivity contribution >= 4 is 23.4 Å². The number of amides is 3. The molecule has 1 saturated heterocycles. The average Bonchev–Trinajstić information content (AvgIpc) is 2.75. The first-order valence-corrected chi connectivity index (χ1v) is 6.43. The fraction of sp³-hybridized carbons (Fsp3) is 0.462. The van der Waals surface area contributed by atoms with E-state index in [2.05, 4.69) is 5.32 Å². The van der Waals surface area contributed by atoms with E-state index in [1.54, 1.807) is 23.8 Å². The molecule has 7 heteroatoms. The maximum atomic E-state index is 12.6. The lowest BCUT2D eigenvalue weighted by Crippen LogP contribution is -2.58. The molecule has 0 bridgehead atoms. The van der Waals surface area contributed by atoms with Crippen LogP contribution in [0.25, 0.3) is 0 Å². The van der Waals surface area contributed by atoms with Gasteiger partial charge in [0.25, 0.3) is 5.91 Å². The molecule has 1 fully saturated rings. The van der Waals surface area contributed by atoms with Crippen LogP contribution in [0.1, 0.15) is 37.3 Å². The lowest BCUT2D eigenvalue weighted by Gasteiger charge is -2.32. The number of piperazine rings is 1. The van der Waals surface area contributed by atoms with E-state index in [9.17, 15) is 14.4 Å². The van der Waals surface area contributed by atoms with E-state index < -0.39 is 17.9 Å². The Morgan fingerprint density at radius 2 is 2.10 bits per heavy atom. The van der Waals surface area contributed by atoms with Crippen molar-refractivity contribution in [1.29, 1.82) is 0 Å². The molecule has 1 atom stereocenters. The van der Waals surface area contributed by atoms with Crippen molar-refractivity contribution in [1.82, 2.24) is 14.8 Å². The monoisotopic (exact) mass is 278 g/mol. The predicted molar refractivity (Wildman–Crippen MR) is 72.9 cm³/mol. The second-order valence-corrected chi connectivity index (χ2v) is 5.18. The van der Waals surface area contributed by atoms with E-state index in [0.717, 1.165) is 0 Å². The number of aromatic nitrogens is 1. The number of imide groups is 1. The molecular formula is C13H18N4O3. The van der Waals surface area contributed by atoms with E-state index >= 15 is 0 Å². The first kappa shape index (κ1) is 14.1. The number of nitrogen functional groups attached to an aromatic ring is 1. The van der Waals surface area contributed by atoms with Crippen molar-refractivity contribution in [3.8, 4) is 0 Å². The lowest BCUT2D eigenvalue weighted by atomic mass is 10.2. The largest absolute Gasteiger partial charge is 0.397 e. The molecule has 1 aromatic heterocycles. The number of nitrogens with two attached hydrogens (primary N) is 1. The fourth-order valence-electron chi connectivity index (χ4n) is 2.21. The Morgan fingerprint density at radius 1 is 1.45 bits per heavy atom. The second-order valence-electron chi connectivity index (χ2n) is 5.18. The van der Waals surface area contributed by atoms with Gasteiger partial charge in [0.15, 0.2) is 0 Å². The van der Waals surface area contributed by atoms with Gasteiger partial charge in [0, 0.05) is 12.2 Å². The molecule has 0 aliphatic carbocycles. The molecule has 0 saturated carbocycles. The van der Waals surface area contributed by atoms with E-state index in [1.165, 1.54) is 4.90 Å². The number of rotatable bonds is 2. The van der Waals surface area contributed by atoms with Crippen molar-refractivity contribution in [3.63, 3.8) is 0 Å². The van der Waals surface area contributed by atoms with Crippen molar-refractivity contribution in [2.45, 2.75) is 32.9 Å². The minimum absolute atomic E-state index is 0.0517. The van der Waals surface area contributed by atoms with Crippen molar-refractivity contribution in [3.05, 3.63) is 18.0 Å². The molecule has 2 rings (SSSR count). The van der Waals surface area contributed by atoms with E-state index in [-0.39, 0.29) is 18.5 Å². The molecule has 2 heterocycles. The van der Waals surface area contributed by atoms with Crippen molar-refractivity contribution in [2.75, 3.05) is 12.3 Å². The van der Waals surface area contributed by atoms with Gasteiger partial charge in [-0.1, -0.05) is 0 Å². The molecule has 0 radical (unpaired) electrons. The quantitative estimate of drug-likeness (QED) is 0.752. The summed E-state index contributed by atoms with van der Waals surface area (Å²) in [6, 6.07) is 0.930. The maximum Gasteiger partial charge on any atom is 0.271 e. The van der Waals surface area contributed by atoms with Gasteiger partial charge in [0.2, 0.25) is 11.8 Å². The summed E-state index contributed by atoms with van der Waals surface area (Å²) >= 11 is 0. The van der Waals surface area contributed by atoms with Gasteiger partial charge in [-0.05, 0) is 26.8 Å². The van der Waals surface area contributed by atoms with Crippen LogP contribution in [0, 0.1) is 0 Å². The molecule has 1 aliphatic heterocycles. The van der Waals surface area contributed by atoms with Crippen LogP contribution in [0.5, 0.6) is 0 Å². The number of carbonyl (C=O) groups excluding carboxylic acids is 3. The number of hydrogen-bond donors (Lipinski definition) is 2. The standard InChI is InChI=1S/C13H18N4O3/c1-7(2)16-5-9(14)4-10(16)13(20)17-6-11(18)15-12(19)8(17)3/h4-5,7-8H,6,14H2,1-3H3,(H,15,18,19). The summed E-state index contributed by atoms with van der Waals surface area (Å²) in [5, 5.41) is 2.20. The summed E-state index contributed by atoms with van der Waals surface area (Å²) in [7, 11) is 0. The van der Waals surface area contributed by atoms with E-state index in [1.807, 2.05) is 13.8 Å². The molecule has 20 heavy (non-hydrogen) atoms.